The van der Waals surface area contributed by atoms with Crippen LogP contribution >= 0.6 is 0 Å². The monoisotopic (exact) mass is 309 g/mol. The van der Waals surface area contributed by atoms with Crippen LogP contribution in [0.15, 0.2) is 29.6 Å². The molecule has 0 bridgehead atoms. The van der Waals surface area contributed by atoms with Crippen molar-refractivity contribution in [2.75, 3.05) is 5.32 Å². The molecule has 3 rings (SSSR count). The molecule has 1 aliphatic heterocycles. The maximum absolute atomic E-state index is 12.7. The number of alkyl halides is 3. The molecule has 0 aromatic carbocycles. The first-order chi connectivity index (χ1) is 10.4. The van der Waals surface area contributed by atoms with Crippen LogP contribution < -0.4 is 5.32 Å². The number of anilines is 1. The summed E-state index contributed by atoms with van der Waals surface area (Å²) in [6.07, 6.45) is -1.02. The number of aliphatic imine (C=N–C) groups is 1. The summed E-state index contributed by atoms with van der Waals surface area (Å²) in [5.74, 6) is 0.981. The Hall–Kier alpha value is -2.38. The molecule has 2 aromatic heterocycles. The number of nitrogens with zero attached hydrogens (tertiary/aromatic N) is 4. The quantitative estimate of drug-likeness (QED) is 0.928. The molecule has 0 amide bonds. The zero-order valence-corrected chi connectivity index (χ0v) is 12.0. The van der Waals surface area contributed by atoms with Crippen molar-refractivity contribution in [2.24, 2.45) is 4.99 Å². The maximum Gasteiger partial charge on any atom is 0.419 e. The summed E-state index contributed by atoms with van der Waals surface area (Å²) < 4.78 is 39.3. The lowest BCUT2D eigenvalue weighted by Crippen LogP contribution is -2.19. The van der Waals surface area contributed by atoms with Crippen LogP contribution in [0.3, 0.4) is 0 Å². The molecule has 2 aromatic rings. The van der Waals surface area contributed by atoms with E-state index in [0.717, 1.165) is 22.6 Å². The minimum absolute atomic E-state index is 0.143. The fourth-order valence-electron chi connectivity index (χ4n) is 2.28. The second kappa shape index (κ2) is 5.11. The van der Waals surface area contributed by atoms with E-state index < -0.39 is 11.7 Å². The van der Waals surface area contributed by atoms with Gasteiger partial charge < -0.3 is 5.32 Å². The van der Waals surface area contributed by atoms with Crippen LogP contribution in [0.5, 0.6) is 0 Å². The number of hydrogen-bond acceptors (Lipinski definition) is 4. The van der Waals surface area contributed by atoms with E-state index in [1.54, 1.807) is 6.20 Å². The van der Waals surface area contributed by atoms with Gasteiger partial charge >= 0.3 is 6.18 Å². The lowest BCUT2D eigenvalue weighted by Gasteiger charge is -2.14. The van der Waals surface area contributed by atoms with Gasteiger partial charge in [0.2, 0.25) is 0 Å². The van der Waals surface area contributed by atoms with Crippen LogP contribution in [-0.4, -0.2) is 26.6 Å². The Labute approximate surface area is 124 Å². The third-order valence-electron chi connectivity index (χ3n) is 3.21. The summed E-state index contributed by atoms with van der Waals surface area (Å²) >= 11 is 0. The van der Waals surface area contributed by atoms with Crippen LogP contribution in [0.1, 0.15) is 30.5 Å². The second-order valence-corrected chi connectivity index (χ2v) is 5.30. The zero-order valence-electron chi connectivity index (χ0n) is 12.0. The maximum atomic E-state index is 12.7. The van der Waals surface area contributed by atoms with Crippen molar-refractivity contribution in [3.63, 3.8) is 0 Å². The van der Waals surface area contributed by atoms with Gasteiger partial charge in [0.15, 0.2) is 5.84 Å². The summed E-state index contributed by atoms with van der Waals surface area (Å²) in [6.45, 7) is 4.33. The summed E-state index contributed by atoms with van der Waals surface area (Å²) in [6, 6.07) is 1.95. The van der Waals surface area contributed by atoms with E-state index in [2.05, 4.69) is 20.4 Å². The first-order valence-corrected chi connectivity index (χ1v) is 6.77. The fourth-order valence-corrected chi connectivity index (χ4v) is 2.28. The van der Waals surface area contributed by atoms with Gasteiger partial charge in [-0.2, -0.15) is 18.3 Å². The molecular weight excluding hydrogens is 295 g/mol. The number of halogens is 3. The van der Waals surface area contributed by atoms with E-state index in [1.807, 2.05) is 19.9 Å². The molecule has 1 aliphatic rings. The first-order valence-electron chi connectivity index (χ1n) is 6.77. The normalized spacial score (nSPS) is 14.2. The fraction of sp³-hybridized carbons (Fsp3) is 0.357. The van der Waals surface area contributed by atoms with Gasteiger partial charge in [-0.1, -0.05) is 0 Å². The molecule has 0 fully saturated rings. The smallest absolute Gasteiger partial charge is 0.367 e. The van der Waals surface area contributed by atoms with Crippen molar-refractivity contribution in [3.8, 4) is 0 Å². The number of aromatic nitrogens is 3. The molecule has 116 valence electrons. The summed E-state index contributed by atoms with van der Waals surface area (Å²) in [5, 5.41) is 6.98. The number of pyridine rings is 1. The first kappa shape index (κ1) is 14.6. The third-order valence-corrected chi connectivity index (χ3v) is 3.21. The van der Waals surface area contributed by atoms with E-state index in [0.29, 0.717) is 23.8 Å². The van der Waals surface area contributed by atoms with E-state index in [1.165, 1.54) is 0 Å². The topological polar surface area (TPSA) is 55.1 Å². The molecule has 0 unspecified atom stereocenters. The van der Waals surface area contributed by atoms with Crippen LogP contribution in [-0.2, 0) is 12.7 Å². The number of rotatable bonds is 2. The van der Waals surface area contributed by atoms with Gasteiger partial charge in [-0.15, -0.1) is 0 Å². The zero-order chi connectivity index (χ0) is 15.9. The summed E-state index contributed by atoms with van der Waals surface area (Å²) in [7, 11) is 0. The van der Waals surface area contributed by atoms with Crippen molar-refractivity contribution in [1.29, 1.82) is 0 Å². The molecule has 0 aliphatic carbocycles. The molecule has 3 heterocycles. The van der Waals surface area contributed by atoms with Gasteiger partial charge in [0, 0.05) is 18.4 Å². The Morgan fingerprint density at radius 1 is 1.32 bits per heavy atom. The standard InChI is InChI=1S/C14H14F3N5/c1-8(2)21-12-11-9(3-4-18-12)5-19-13(11)22-7-10(6-20-22)14(15,16)17/h3-4,6-8H,5H2,1-2H3,(H,18,21). The van der Waals surface area contributed by atoms with Gasteiger partial charge in [0.1, 0.15) is 5.82 Å². The highest BCUT2D eigenvalue weighted by Crippen LogP contribution is 2.30. The highest BCUT2D eigenvalue weighted by atomic mass is 19.4. The SMILES string of the molecule is CC(C)Nc1nccc2c1C(n1cc(C(F)(F)F)cn1)=NC2. The highest BCUT2D eigenvalue weighted by Gasteiger charge is 2.33. The van der Waals surface area contributed by atoms with E-state index in [9.17, 15) is 13.2 Å². The largest absolute Gasteiger partial charge is 0.419 e. The molecule has 1 N–H and O–H groups in total. The molecule has 8 heteroatoms. The van der Waals surface area contributed by atoms with Crippen molar-refractivity contribution in [3.05, 3.63) is 41.3 Å². The molecule has 0 atom stereocenters. The minimum Gasteiger partial charge on any atom is -0.367 e. The van der Waals surface area contributed by atoms with Gasteiger partial charge in [-0.3, -0.25) is 4.99 Å². The van der Waals surface area contributed by atoms with Gasteiger partial charge in [0.05, 0.1) is 23.9 Å². The summed E-state index contributed by atoms with van der Waals surface area (Å²) in [4.78, 5) is 8.57. The Balaban J connectivity index is 2.02. The highest BCUT2D eigenvalue weighted by molar-refractivity contribution is 6.06. The van der Waals surface area contributed by atoms with Crippen LogP contribution in [0.4, 0.5) is 19.0 Å². The molecule has 5 nitrogen and oxygen atoms in total. The van der Waals surface area contributed by atoms with Gasteiger partial charge in [-0.25, -0.2) is 9.67 Å². The Morgan fingerprint density at radius 3 is 2.73 bits per heavy atom. The Bertz CT molecular complexity index is 730. The van der Waals surface area contributed by atoms with E-state index in [-0.39, 0.29) is 6.04 Å². The minimum atomic E-state index is -4.42. The summed E-state index contributed by atoms with van der Waals surface area (Å²) in [5.41, 5.74) is 0.816. The molecular formula is C14H14F3N5. The van der Waals surface area contributed by atoms with Crippen molar-refractivity contribution >= 4 is 11.7 Å². The molecule has 0 spiro atoms. The van der Waals surface area contributed by atoms with Crippen LogP contribution in [0.25, 0.3) is 0 Å². The predicted octanol–water partition coefficient (Wildman–Crippen LogP) is 2.93. The van der Waals surface area contributed by atoms with Gasteiger partial charge in [-0.05, 0) is 25.5 Å². The molecule has 22 heavy (non-hydrogen) atoms. The van der Waals surface area contributed by atoms with Crippen molar-refractivity contribution < 1.29 is 13.2 Å². The molecule has 0 saturated heterocycles. The number of nitrogens with one attached hydrogen (secondary N) is 1. The van der Waals surface area contributed by atoms with Crippen molar-refractivity contribution in [2.45, 2.75) is 32.6 Å². The average Bonchev–Trinajstić information content (AvgIpc) is 3.03. The predicted molar refractivity (Wildman–Crippen MR) is 75.9 cm³/mol. The second-order valence-electron chi connectivity index (χ2n) is 5.30. The lowest BCUT2D eigenvalue weighted by molar-refractivity contribution is -0.137. The van der Waals surface area contributed by atoms with Gasteiger partial charge in [0.25, 0.3) is 0 Å². The lowest BCUT2D eigenvalue weighted by atomic mass is 10.1. The average molecular weight is 309 g/mol. The Morgan fingerprint density at radius 2 is 2.09 bits per heavy atom. The van der Waals surface area contributed by atoms with E-state index in [4.69, 9.17) is 0 Å². The van der Waals surface area contributed by atoms with E-state index >= 15 is 0 Å². The van der Waals surface area contributed by atoms with Crippen molar-refractivity contribution in [1.82, 2.24) is 14.8 Å². The number of fused-ring (bicyclic) bond motifs is 1. The van der Waals surface area contributed by atoms with Crippen LogP contribution in [0.2, 0.25) is 0 Å². The Kier molecular flexibility index (Phi) is 3.38. The third kappa shape index (κ3) is 2.56. The number of hydrogen-bond donors (Lipinski definition) is 1. The molecule has 0 radical (unpaired) electrons. The molecule has 0 saturated carbocycles. The van der Waals surface area contributed by atoms with Crippen LogP contribution in [0, 0.1) is 0 Å².